The molecule has 0 heterocycles. The largest absolute Gasteiger partial charge is 0.399 e. The van der Waals surface area contributed by atoms with Crippen LogP contribution >= 0.6 is 0 Å². The van der Waals surface area contributed by atoms with E-state index < -0.39 is 103 Å². The van der Waals surface area contributed by atoms with Gasteiger partial charge in [0.25, 0.3) is 56.4 Å². The third-order valence-corrected chi connectivity index (χ3v) is 10.8. The second-order valence-corrected chi connectivity index (χ2v) is 16.5. The molecule has 0 atom stereocenters. The number of fused-ring (bicyclic) bond motifs is 1. The fourth-order valence-corrected chi connectivity index (χ4v) is 7.84. The van der Waals surface area contributed by atoms with E-state index in [0.29, 0.717) is 18.2 Å². The van der Waals surface area contributed by atoms with Gasteiger partial charge in [0, 0.05) is 16.8 Å². The van der Waals surface area contributed by atoms with Crippen molar-refractivity contribution in [1.29, 1.82) is 0 Å². The normalized spacial score (nSPS) is 13.0. The molecular formula is C23H19N3O15S5. The monoisotopic (exact) mass is 737 g/mol. The highest BCUT2D eigenvalue weighted by molar-refractivity contribution is 7.92. The van der Waals surface area contributed by atoms with E-state index in [0.717, 1.165) is 36.4 Å². The molecule has 0 unspecified atom stereocenters. The first kappa shape index (κ1) is 34.7. The molecule has 0 saturated carbocycles. The van der Waals surface area contributed by atoms with Gasteiger partial charge >= 0.3 is 0 Å². The van der Waals surface area contributed by atoms with Crippen molar-refractivity contribution in [2.75, 3.05) is 15.8 Å². The maximum atomic E-state index is 13.4. The van der Waals surface area contributed by atoms with E-state index in [1.807, 2.05) is 4.72 Å². The Morgan fingerprint density at radius 3 is 1.72 bits per heavy atom. The Kier molecular flexibility index (Phi) is 8.71. The minimum atomic E-state index is -5.40. The van der Waals surface area contributed by atoms with E-state index in [1.54, 1.807) is 0 Å². The van der Waals surface area contributed by atoms with E-state index in [4.69, 9.17) is 5.73 Å². The van der Waals surface area contributed by atoms with E-state index in [-0.39, 0.29) is 17.4 Å². The number of carbonyl (C=O) groups excluding carboxylic acids is 1. The van der Waals surface area contributed by atoms with Crippen LogP contribution in [0.2, 0.25) is 0 Å². The molecule has 0 saturated heterocycles. The molecule has 23 heteroatoms. The number of rotatable bonds is 9. The SMILES string of the molecule is Nc1ccc(C(=O)Nc2cccc(S(=O)(=O)Nc3cc(S(=O)(=O)O)cc4cc(S(=O)(=O)O)cc(S(=O)(=O)O)c34)c2)c(S(=O)(=O)O)c1. The van der Waals surface area contributed by atoms with Crippen LogP contribution in [0.1, 0.15) is 10.4 Å². The number of nitrogens with one attached hydrogen (secondary N) is 2. The molecule has 0 aliphatic heterocycles. The summed E-state index contributed by atoms with van der Waals surface area (Å²) in [5, 5.41) is 0.755. The van der Waals surface area contributed by atoms with Gasteiger partial charge in [-0.15, -0.1) is 0 Å². The summed E-state index contributed by atoms with van der Waals surface area (Å²) in [6.45, 7) is 0. The summed E-state index contributed by atoms with van der Waals surface area (Å²) in [6.07, 6.45) is 0. The molecule has 46 heavy (non-hydrogen) atoms. The average molecular weight is 738 g/mol. The van der Waals surface area contributed by atoms with Crippen LogP contribution < -0.4 is 15.8 Å². The Bertz CT molecular complexity index is 2510. The highest BCUT2D eigenvalue weighted by Gasteiger charge is 2.27. The molecule has 0 fully saturated rings. The number of sulfonamides is 1. The van der Waals surface area contributed by atoms with E-state index in [1.165, 1.54) is 6.07 Å². The molecule has 0 spiro atoms. The molecule has 246 valence electrons. The minimum absolute atomic E-state index is 0.111. The van der Waals surface area contributed by atoms with E-state index >= 15 is 0 Å². The van der Waals surface area contributed by atoms with Gasteiger partial charge < -0.3 is 11.1 Å². The first-order valence-corrected chi connectivity index (χ1v) is 19.0. The molecule has 0 aliphatic rings. The highest BCUT2D eigenvalue weighted by atomic mass is 32.2. The zero-order chi connectivity index (χ0) is 34.6. The fraction of sp³-hybridized carbons (Fsp3) is 0. The summed E-state index contributed by atoms with van der Waals surface area (Å²) >= 11 is 0. The number of carbonyl (C=O) groups is 1. The van der Waals surface area contributed by atoms with Gasteiger partial charge in [0.15, 0.2) is 0 Å². The van der Waals surface area contributed by atoms with Crippen molar-refractivity contribution < 1.29 is 65.1 Å². The van der Waals surface area contributed by atoms with Gasteiger partial charge in [0.1, 0.15) is 9.79 Å². The average Bonchev–Trinajstić information content (AvgIpc) is 2.90. The summed E-state index contributed by atoms with van der Waals surface area (Å²) in [7, 11) is -25.6. The fourth-order valence-electron chi connectivity index (χ4n) is 4.09. The lowest BCUT2D eigenvalue weighted by Crippen LogP contribution is -2.18. The number of amides is 1. The van der Waals surface area contributed by atoms with Crippen LogP contribution in [-0.2, 0) is 50.5 Å². The van der Waals surface area contributed by atoms with E-state index in [9.17, 15) is 65.1 Å². The van der Waals surface area contributed by atoms with Crippen molar-refractivity contribution in [3.63, 3.8) is 0 Å². The van der Waals surface area contributed by atoms with Crippen LogP contribution in [-0.4, -0.2) is 66.2 Å². The van der Waals surface area contributed by atoms with Crippen LogP contribution in [0, 0.1) is 0 Å². The topological polar surface area (TPSA) is 319 Å². The molecule has 8 N–H and O–H groups in total. The zero-order valence-electron chi connectivity index (χ0n) is 22.2. The smallest absolute Gasteiger partial charge is 0.295 e. The Morgan fingerprint density at radius 1 is 0.609 bits per heavy atom. The van der Waals surface area contributed by atoms with Crippen molar-refractivity contribution >= 4 is 84.2 Å². The maximum absolute atomic E-state index is 13.4. The van der Waals surface area contributed by atoms with Crippen molar-refractivity contribution in [3.8, 4) is 0 Å². The number of hydrogen-bond donors (Lipinski definition) is 7. The Balaban J connectivity index is 1.85. The van der Waals surface area contributed by atoms with Crippen LogP contribution in [0.15, 0.2) is 91.2 Å². The standard InChI is InChI=1S/C23H19N3O15S5/c24-13-4-5-18(20(8-13)45(36,37)38)23(27)25-14-2-1-3-15(9-14)42(28,29)26-19-10-16(43(30,31)32)6-12-7-17(44(33,34)35)11-21(22(12)19)46(39,40)41/h1-11,26H,24H2,(H,25,27)(H,30,31,32)(H,33,34,35)(H,36,37,38)(H,39,40,41). The molecule has 4 aromatic rings. The summed E-state index contributed by atoms with van der Waals surface area (Å²) < 4.78 is 162. The predicted molar refractivity (Wildman–Crippen MR) is 159 cm³/mol. The molecule has 18 nitrogen and oxygen atoms in total. The molecule has 0 aliphatic carbocycles. The summed E-state index contributed by atoms with van der Waals surface area (Å²) in [5.74, 6) is -1.13. The van der Waals surface area contributed by atoms with Crippen molar-refractivity contribution in [2.45, 2.75) is 24.5 Å². The van der Waals surface area contributed by atoms with E-state index in [2.05, 4.69) is 5.32 Å². The second-order valence-electron chi connectivity index (χ2n) is 9.23. The van der Waals surface area contributed by atoms with Crippen LogP contribution in [0.25, 0.3) is 10.8 Å². The Labute approximate surface area is 260 Å². The van der Waals surface area contributed by atoms with Gasteiger partial charge in [0.2, 0.25) is 0 Å². The Hall–Kier alpha value is -4.20. The molecule has 4 aromatic carbocycles. The quantitative estimate of drug-likeness (QED) is 0.0944. The molecular weight excluding hydrogens is 719 g/mol. The maximum Gasteiger partial charge on any atom is 0.295 e. The lowest BCUT2D eigenvalue weighted by atomic mass is 10.1. The van der Waals surface area contributed by atoms with Crippen LogP contribution in [0.3, 0.4) is 0 Å². The number of hydrogen-bond acceptors (Lipinski definition) is 12. The lowest BCUT2D eigenvalue weighted by Gasteiger charge is -2.16. The van der Waals surface area contributed by atoms with Crippen molar-refractivity contribution in [1.82, 2.24) is 0 Å². The molecule has 0 radical (unpaired) electrons. The molecule has 0 bridgehead atoms. The van der Waals surface area contributed by atoms with Gasteiger partial charge in [-0.2, -0.15) is 33.7 Å². The van der Waals surface area contributed by atoms with Crippen molar-refractivity contribution in [3.05, 3.63) is 72.3 Å². The molecule has 4 rings (SSSR count). The van der Waals surface area contributed by atoms with Gasteiger partial charge in [-0.3, -0.25) is 27.7 Å². The third kappa shape index (κ3) is 7.43. The summed E-state index contributed by atoms with van der Waals surface area (Å²) in [5.41, 5.74) is 3.67. The molecule has 0 aromatic heterocycles. The number of benzene rings is 4. The predicted octanol–water partition coefficient (Wildman–Crippen LogP) is 1.46. The Morgan fingerprint density at radius 2 is 1.17 bits per heavy atom. The second kappa shape index (κ2) is 11.6. The first-order chi connectivity index (χ1) is 20.9. The first-order valence-electron chi connectivity index (χ1n) is 11.7. The highest BCUT2D eigenvalue weighted by Crippen LogP contribution is 2.36. The zero-order valence-corrected chi connectivity index (χ0v) is 26.3. The number of anilines is 3. The van der Waals surface area contributed by atoms with Gasteiger partial charge in [-0.1, -0.05) is 6.07 Å². The van der Waals surface area contributed by atoms with Gasteiger partial charge in [0.05, 0.1) is 25.9 Å². The molecule has 1 amide bonds. The van der Waals surface area contributed by atoms with Crippen LogP contribution in [0.5, 0.6) is 0 Å². The number of nitrogen functional groups attached to an aromatic ring is 1. The minimum Gasteiger partial charge on any atom is -0.399 e. The van der Waals surface area contributed by atoms with Crippen LogP contribution in [0.4, 0.5) is 17.1 Å². The third-order valence-electron chi connectivity index (χ3n) is 6.01. The van der Waals surface area contributed by atoms with Gasteiger partial charge in [-0.25, -0.2) is 8.42 Å². The summed E-state index contributed by atoms with van der Waals surface area (Å²) in [4.78, 5) is 7.82. The number of nitrogens with two attached hydrogens (primary N) is 1. The van der Waals surface area contributed by atoms with Gasteiger partial charge in [-0.05, 0) is 66.0 Å². The van der Waals surface area contributed by atoms with Crippen molar-refractivity contribution in [2.24, 2.45) is 0 Å². The lowest BCUT2D eigenvalue weighted by molar-refractivity contribution is 0.102. The summed E-state index contributed by atoms with van der Waals surface area (Å²) in [6, 6.07) is 8.81.